The lowest BCUT2D eigenvalue weighted by molar-refractivity contribution is -0.167. The van der Waals surface area contributed by atoms with Crippen LogP contribution in [0.5, 0.6) is 0 Å². The maximum atomic E-state index is 12.9. The van der Waals surface area contributed by atoms with E-state index in [2.05, 4.69) is 215 Å². The second kappa shape index (κ2) is 64.8. The van der Waals surface area contributed by atoms with Crippen molar-refractivity contribution in [1.82, 2.24) is 0 Å². The molecule has 6 nitrogen and oxygen atoms in total. The maximum Gasteiger partial charge on any atom is 0.306 e. The zero-order valence-corrected chi connectivity index (χ0v) is 50.0. The predicted molar refractivity (Wildman–Crippen MR) is 343 cm³/mol. The normalized spacial score (nSPS) is 13.5. The van der Waals surface area contributed by atoms with Crippen LogP contribution in [-0.2, 0) is 28.6 Å². The average molecular weight is 1080 g/mol. The van der Waals surface area contributed by atoms with Crippen LogP contribution >= 0.6 is 0 Å². The van der Waals surface area contributed by atoms with Crippen LogP contribution < -0.4 is 0 Å². The molecule has 0 heterocycles. The number of hydrogen-bond donors (Lipinski definition) is 0. The fourth-order valence-corrected chi connectivity index (χ4v) is 7.56. The molecule has 0 aromatic carbocycles. The first-order chi connectivity index (χ1) is 39.0. The van der Waals surface area contributed by atoms with Gasteiger partial charge in [0.25, 0.3) is 0 Å². The van der Waals surface area contributed by atoms with Crippen LogP contribution in [0.4, 0.5) is 0 Å². The zero-order valence-electron chi connectivity index (χ0n) is 50.0. The van der Waals surface area contributed by atoms with E-state index in [4.69, 9.17) is 14.2 Å². The van der Waals surface area contributed by atoms with Gasteiger partial charge in [-0.15, -0.1) is 0 Å². The van der Waals surface area contributed by atoms with Gasteiger partial charge in [0.05, 0.1) is 0 Å². The standard InChI is InChI=1S/C73H110O6/c1-4-7-10-13-16-19-22-25-28-31-34-35-36-37-40-42-45-48-51-54-57-60-63-66-72(75)78-69-70(79-73(76)67-64-61-58-55-52-49-46-43-39-33-30-27-24-21-18-15-12-9-6-3)68-77-71(74)65-62-59-56-53-50-47-44-41-38-32-29-26-23-20-17-14-11-8-5-2/h7-12,16-21,25-30,34-35,37-41,43,45,47-50,52,70H,4-6,13-15,22-24,31-33,36,42,44,46,51,53-69H2,1-3H3/b10-7-,11-8-,12-9-,19-16-,20-17-,21-18-,28-25-,29-26-,30-27-,35-34-,40-37-,41-38-,43-39-,48-45-,50-47-,52-49-. The molecule has 1 atom stereocenters. The summed E-state index contributed by atoms with van der Waals surface area (Å²) in [7, 11) is 0. The summed E-state index contributed by atoms with van der Waals surface area (Å²) in [6, 6.07) is 0. The lowest BCUT2D eigenvalue weighted by Gasteiger charge is -2.18. The first kappa shape index (κ1) is 73.2. The van der Waals surface area contributed by atoms with Crippen molar-refractivity contribution in [2.45, 2.75) is 232 Å². The molecule has 0 aromatic rings. The van der Waals surface area contributed by atoms with Crippen molar-refractivity contribution in [3.63, 3.8) is 0 Å². The Kier molecular flexibility index (Phi) is 60.1. The molecular formula is C73H110O6. The van der Waals surface area contributed by atoms with E-state index in [1.54, 1.807) is 0 Å². The van der Waals surface area contributed by atoms with E-state index in [0.717, 1.165) is 180 Å². The summed E-state index contributed by atoms with van der Waals surface area (Å²) in [4.78, 5) is 38.3. The number of hydrogen-bond acceptors (Lipinski definition) is 6. The molecule has 0 bridgehead atoms. The molecule has 438 valence electrons. The third-order valence-corrected chi connectivity index (χ3v) is 12.1. The molecule has 0 saturated heterocycles. The Morgan fingerprint density at radius 1 is 0.253 bits per heavy atom. The van der Waals surface area contributed by atoms with Crippen molar-refractivity contribution in [3.05, 3.63) is 194 Å². The number of carbonyl (C=O) groups excluding carboxylic acids is 3. The molecule has 0 aliphatic heterocycles. The summed E-state index contributed by atoms with van der Waals surface area (Å²) >= 11 is 0. The van der Waals surface area contributed by atoms with E-state index in [1.165, 1.54) is 0 Å². The summed E-state index contributed by atoms with van der Waals surface area (Å²) in [5.74, 6) is -1.03. The van der Waals surface area contributed by atoms with E-state index in [-0.39, 0.29) is 37.5 Å². The van der Waals surface area contributed by atoms with Gasteiger partial charge in [0.15, 0.2) is 6.10 Å². The van der Waals surface area contributed by atoms with Crippen molar-refractivity contribution in [2.75, 3.05) is 13.2 Å². The van der Waals surface area contributed by atoms with Gasteiger partial charge in [-0.2, -0.15) is 0 Å². The largest absolute Gasteiger partial charge is 0.462 e. The van der Waals surface area contributed by atoms with Crippen LogP contribution in [0, 0.1) is 0 Å². The van der Waals surface area contributed by atoms with Crippen molar-refractivity contribution in [2.24, 2.45) is 0 Å². The predicted octanol–water partition coefficient (Wildman–Crippen LogP) is 21.4. The minimum absolute atomic E-state index is 0.127. The highest BCUT2D eigenvalue weighted by Crippen LogP contribution is 2.12. The SMILES string of the molecule is CC/C=C\C/C=C\C/C=C\C/C=C\C/C=C\C/C=C\CCCCCCC(=O)OCC(COC(=O)CCCCC/C=C\C/C=C\C/C=C\C/C=C\C/C=C\CC)OC(=O)CCCCC/C=C\C/C=C\C/C=C\C/C=C\C/C=C\CC. The molecular weight excluding hydrogens is 973 g/mol. The van der Waals surface area contributed by atoms with Gasteiger partial charge in [-0.3, -0.25) is 14.4 Å². The van der Waals surface area contributed by atoms with Crippen molar-refractivity contribution in [1.29, 1.82) is 0 Å². The summed E-state index contributed by atoms with van der Waals surface area (Å²) in [6.07, 6.45) is 98.5. The zero-order chi connectivity index (χ0) is 57.1. The minimum Gasteiger partial charge on any atom is -0.462 e. The Bertz CT molecular complexity index is 1920. The van der Waals surface area contributed by atoms with Gasteiger partial charge in [-0.25, -0.2) is 0 Å². The molecule has 79 heavy (non-hydrogen) atoms. The fraction of sp³-hybridized carbons (Fsp3) is 0.521. The Morgan fingerprint density at radius 3 is 0.709 bits per heavy atom. The van der Waals surface area contributed by atoms with Gasteiger partial charge in [0.1, 0.15) is 13.2 Å². The van der Waals surface area contributed by atoms with Gasteiger partial charge in [-0.05, 0) is 161 Å². The third-order valence-electron chi connectivity index (χ3n) is 12.1. The molecule has 0 amide bonds. The Hall–Kier alpha value is -5.75. The molecule has 0 spiro atoms. The highest BCUT2D eigenvalue weighted by Gasteiger charge is 2.19. The van der Waals surface area contributed by atoms with E-state index in [1.807, 2.05) is 0 Å². The summed E-state index contributed by atoms with van der Waals surface area (Å²) in [5, 5.41) is 0. The highest BCUT2D eigenvalue weighted by atomic mass is 16.6. The third kappa shape index (κ3) is 63.0. The molecule has 0 saturated carbocycles. The van der Waals surface area contributed by atoms with Gasteiger partial charge >= 0.3 is 17.9 Å². The minimum atomic E-state index is -0.835. The van der Waals surface area contributed by atoms with Gasteiger partial charge in [0.2, 0.25) is 0 Å². The molecule has 0 rings (SSSR count). The van der Waals surface area contributed by atoms with Crippen LogP contribution in [0.25, 0.3) is 0 Å². The van der Waals surface area contributed by atoms with Crippen LogP contribution in [0.1, 0.15) is 226 Å². The molecule has 0 aliphatic rings. The molecule has 0 aromatic heterocycles. The lowest BCUT2D eigenvalue weighted by Crippen LogP contribution is -2.30. The molecule has 0 radical (unpaired) electrons. The van der Waals surface area contributed by atoms with Gasteiger partial charge in [-0.1, -0.05) is 241 Å². The topological polar surface area (TPSA) is 78.9 Å². The number of esters is 3. The number of rotatable bonds is 53. The van der Waals surface area contributed by atoms with Gasteiger partial charge in [0, 0.05) is 19.3 Å². The Morgan fingerprint density at radius 2 is 0.456 bits per heavy atom. The average Bonchev–Trinajstić information content (AvgIpc) is 3.45. The molecule has 1 unspecified atom stereocenters. The number of allylic oxidation sites excluding steroid dienone is 32. The van der Waals surface area contributed by atoms with E-state index >= 15 is 0 Å². The number of carbonyl (C=O) groups is 3. The molecule has 0 N–H and O–H groups in total. The summed E-state index contributed by atoms with van der Waals surface area (Å²) < 4.78 is 16.8. The van der Waals surface area contributed by atoms with Crippen molar-refractivity contribution >= 4 is 17.9 Å². The first-order valence-corrected chi connectivity index (χ1v) is 30.9. The first-order valence-electron chi connectivity index (χ1n) is 30.9. The van der Waals surface area contributed by atoms with Crippen LogP contribution in [0.15, 0.2) is 194 Å². The monoisotopic (exact) mass is 1080 g/mol. The molecule has 6 heteroatoms. The highest BCUT2D eigenvalue weighted by molar-refractivity contribution is 5.71. The maximum absolute atomic E-state index is 12.9. The number of unbranched alkanes of at least 4 members (excludes halogenated alkanes) is 10. The van der Waals surface area contributed by atoms with Crippen molar-refractivity contribution in [3.8, 4) is 0 Å². The lowest BCUT2D eigenvalue weighted by atomic mass is 10.1. The summed E-state index contributed by atoms with van der Waals surface area (Å²) in [5.41, 5.74) is 0. The molecule has 0 fully saturated rings. The van der Waals surface area contributed by atoms with E-state index < -0.39 is 6.10 Å². The Balaban J connectivity index is 4.61. The second-order valence-corrected chi connectivity index (χ2v) is 19.5. The molecule has 0 aliphatic carbocycles. The van der Waals surface area contributed by atoms with E-state index in [0.29, 0.717) is 19.3 Å². The smallest absolute Gasteiger partial charge is 0.306 e. The van der Waals surface area contributed by atoms with Crippen LogP contribution in [-0.4, -0.2) is 37.2 Å². The second-order valence-electron chi connectivity index (χ2n) is 19.5. The van der Waals surface area contributed by atoms with Crippen LogP contribution in [0.3, 0.4) is 0 Å². The van der Waals surface area contributed by atoms with Gasteiger partial charge < -0.3 is 14.2 Å². The van der Waals surface area contributed by atoms with E-state index in [9.17, 15) is 14.4 Å². The quantitative estimate of drug-likeness (QED) is 0.0261. The van der Waals surface area contributed by atoms with Crippen molar-refractivity contribution < 1.29 is 28.6 Å². The number of ether oxygens (including phenoxy) is 3. The fourth-order valence-electron chi connectivity index (χ4n) is 7.56. The Labute approximate surface area is 484 Å². The van der Waals surface area contributed by atoms with Crippen LogP contribution in [0.2, 0.25) is 0 Å². The summed E-state index contributed by atoms with van der Waals surface area (Å²) in [6.45, 7) is 6.20.